The Morgan fingerprint density at radius 3 is 1.22 bits per heavy atom. The number of esters is 1. The fraction of sp³-hybridized carbons (Fsp3) is 0.855. The Hall–Kier alpha value is -2.03. The van der Waals surface area contributed by atoms with Crippen molar-refractivity contribution in [2.45, 2.75) is 341 Å². The van der Waals surface area contributed by atoms with Gasteiger partial charge in [-0.15, -0.1) is 0 Å². The van der Waals surface area contributed by atoms with Crippen molar-refractivity contribution in [2.24, 2.45) is 0 Å². The van der Waals surface area contributed by atoms with Gasteiger partial charge in [-0.25, -0.2) is 0 Å². The maximum absolute atomic E-state index is 13.6. The van der Waals surface area contributed by atoms with E-state index in [-0.39, 0.29) is 31.5 Å². The fourth-order valence-corrected chi connectivity index (χ4v) is 10.8. The molecule has 0 aliphatic heterocycles. The standard InChI is InChI=1S/C69H131N2O7P/c1-7-10-13-16-19-22-25-28-30-31-32-33-34-35-36-37-38-39-40-41-42-43-46-49-52-55-58-61-68(72)70-66(65-77-79(74,75)76-64-63-71(4,5)6)67(60-57-54-51-48-45-27-24-21-18-15-12-9-3)78-69(73)62-59-56-53-50-47-44-29-26-23-20-17-14-11-8-2/h11,14,20,23,28,30,57,60,66-67H,7-10,12-13,15-19,21-22,24-27,29,31-56,58-59,61-65H2,1-6H3,(H-,70,72,74,75)/b14-11+,23-20+,30-28+,60-57-. The summed E-state index contributed by atoms with van der Waals surface area (Å²) in [5.74, 6) is -0.538. The van der Waals surface area contributed by atoms with E-state index >= 15 is 0 Å². The molecule has 1 amide bonds. The van der Waals surface area contributed by atoms with Crippen LogP contribution >= 0.6 is 7.82 Å². The lowest BCUT2D eigenvalue weighted by Crippen LogP contribution is -2.47. The maximum atomic E-state index is 13.6. The molecule has 3 atom stereocenters. The van der Waals surface area contributed by atoms with Gasteiger partial charge in [-0.2, -0.15) is 0 Å². The molecule has 0 rings (SSSR count). The van der Waals surface area contributed by atoms with E-state index in [1.165, 1.54) is 212 Å². The zero-order chi connectivity index (χ0) is 57.9. The highest BCUT2D eigenvalue weighted by molar-refractivity contribution is 7.45. The van der Waals surface area contributed by atoms with Crippen molar-refractivity contribution < 1.29 is 37.3 Å². The van der Waals surface area contributed by atoms with Crippen LogP contribution in [0.2, 0.25) is 0 Å². The number of allylic oxidation sites excluding steroid dienone is 7. The van der Waals surface area contributed by atoms with E-state index in [1.54, 1.807) is 0 Å². The van der Waals surface area contributed by atoms with Crippen LogP contribution in [0.3, 0.4) is 0 Å². The molecule has 0 aliphatic carbocycles. The lowest BCUT2D eigenvalue weighted by molar-refractivity contribution is -0.870. The summed E-state index contributed by atoms with van der Waals surface area (Å²) in [7, 11) is 1.19. The van der Waals surface area contributed by atoms with Crippen LogP contribution in [-0.4, -0.2) is 69.4 Å². The predicted molar refractivity (Wildman–Crippen MR) is 339 cm³/mol. The molecular formula is C69H131N2O7P. The van der Waals surface area contributed by atoms with Crippen LogP contribution in [-0.2, 0) is 27.9 Å². The summed E-state index contributed by atoms with van der Waals surface area (Å²) in [4.78, 5) is 40.0. The Kier molecular flexibility index (Phi) is 57.6. The summed E-state index contributed by atoms with van der Waals surface area (Å²) >= 11 is 0. The number of rotatable bonds is 62. The van der Waals surface area contributed by atoms with Crippen molar-refractivity contribution in [1.82, 2.24) is 5.32 Å². The summed E-state index contributed by atoms with van der Waals surface area (Å²) < 4.78 is 30.4. The molecule has 1 N–H and O–H groups in total. The molecule has 9 nitrogen and oxygen atoms in total. The topological polar surface area (TPSA) is 114 Å². The highest BCUT2D eigenvalue weighted by Gasteiger charge is 2.27. The highest BCUT2D eigenvalue weighted by atomic mass is 31.2. The van der Waals surface area contributed by atoms with Crippen molar-refractivity contribution in [2.75, 3.05) is 40.9 Å². The molecule has 0 saturated heterocycles. The van der Waals surface area contributed by atoms with Crippen LogP contribution in [0.1, 0.15) is 329 Å². The molecule has 0 aromatic rings. The molecule has 79 heavy (non-hydrogen) atoms. The first-order valence-corrected chi connectivity index (χ1v) is 35.4. The average Bonchev–Trinajstić information content (AvgIpc) is 3.41. The first-order chi connectivity index (χ1) is 38.4. The molecule has 464 valence electrons. The van der Waals surface area contributed by atoms with Crippen LogP contribution < -0.4 is 10.2 Å². The number of likely N-dealkylation sites (N-methyl/N-ethyl adjacent to an activating group) is 1. The molecule has 0 spiro atoms. The summed E-state index contributed by atoms with van der Waals surface area (Å²) in [5.41, 5.74) is 0. The Morgan fingerprint density at radius 2 is 0.810 bits per heavy atom. The molecule has 0 heterocycles. The molecule has 3 unspecified atom stereocenters. The first kappa shape index (κ1) is 77.0. The van der Waals surface area contributed by atoms with E-state index in [0.717, 1.165) is 83.5 Å². The summed E-state index contributed by atoms with van der Waals surface area (Å²) in [5, 5.41) is 3.04. The normalized spacial score (nSPS) is 13.9. The minimum atomic E-state index is -4.70. The number of amides is 1. The summed E-state index contributed by atoms with van der Waals surface area (Å²) in [6.07, 6.45) is 73.8. The third-order valence-electron chi connectivity index (χ3n) is 15.2. The number of phosphoric acid groups is 1. The second kappa shape index (κ2) is 59.1. The molecule has 0 fully saturated rings. The average molecular weight is 1130 g/mol. The largest absolute Gasteiger partial charge is 0.756 e. The number of carbonyl (C=O) groups is 2. The van der Waals surface area contributed by atoms with Crippen LogP contribution in [0.15, 0.2) is 48.6 Å². The Balaban J connectivity index is 4.98. The Bertz CT molecular complexity index is 1490. The minimum absolute atomic E-state index is 0.0224. The zero-order valence-electron chi connectivity index (χ0n) is 53.1. The molecule has 0 radical (unpaired) electrons. The van der Waals surface area contributed by atoms with Gasteiger partial charge >= 0.3 is 5.97 Å². The van der Waals surface area contributed by atoms with Crippen molar-refractivity contribution in [3.8, 4) is 0 Å². The quantitative estimate of drug-likeness (QED) is 0.0212. The number of nitrogens with one attached hydrogen (secondary N) is 1. The predicted octanol–water partition coefficient (Wildman–Crippen LogP) is 20.6. The Morgan fingerprint density at radius 1 is 0.456 bits per heavy atom. The fourth-order valence-electron chi connectivity index (χ4n) is 10.0. The van der Waals surface area contributed by atoms with Gasteiger partial charge < -0.3 is 28.5 Å². The van der Waals surface area contributed by atoms with Gasteiger partial charge in [-0.3, -0.25) is 14.2 Å². The van der Waals surface area contributed by atoms with Gasteiger partial charge in [0, 0.05) is 12.8 Å². The smallest absolute Gasteiger partial charge is 0.306 e. The van der Waals surface area contributed by atoms with Gasteiger partial charge in [0.25, 0.3) is 7.82 Å². The van der Waals surface area contributed by atoms with E-state index in [4.69, 9.17) is 13.8 Å². The monoisotopic (exact) mass is 1130 g/mol. The molecule has 0 saturated carbocycles. The molecular weight excluding hydrogens is 1000 g/mol. The van der Waals surface area contributed by atoms with Crippen molar-refractivity contribution in [1.29, 1.82) is 0 Å². The highest BCUT2D eigenvalue weighted by Crippen LogP contribution is 2.38. The number of carbonyl (C=O) groups excluding carboxylic acids is 2. The van der Waals surface area contributed by atoms with Crippen LogP contribution in [0, 0.1) is 0 Å². The van der Waals surface area contributed by atoms with Gasteiger partial charge in [0.05, 0.1) is 33.8 Å². The third kappa shape index (κ3) is 60.4. The SMILES string of the molecule is CC/C=C/C/C=C/CCCCCCCCCC(=O)OC(/C=C\CCCCCCCCCCCC)C(COP(=O)([O-])OCC[N+](C)(C)C)NC(=O)CCCCCCCCCCCCCCCCCCC/C=C/CCCCCCCC. The zero-order valence-corrected chi connectivity index (χ0v) is 54.0. The Labute approximate surface area is 490 Å². The van der Waals surface area contributed by atoms with Gasteiger partial charge in [-0.1, -0.05) is 282 Å². The molecule has 10 heteroatoms. The first-order valence-electron chi connectivity index (χ1n) is 33.9. The van der Waals surface area contributed by atoms with E-state index in [1.807, 2.05) is 33.3 Å². The van der Waals surface area contributed by atoms with E-state index in [2.05, 4.69) is 62.5 Å². The van der Waals surface area contributed by atoms with Crippen LogP contribution in [0.25, 0.3) is 0 Å². The second-order valence-electron chi connectivity index (χ2n) is 24.3. The van der Waals surface area contributed by atoms with Crippen LogP contribution in [0.4, 0.5) is 0 Å². The number of ether oxygens (including phenoxy) is 1. The molecule has 0 aliphatic rings. The molecule has 0 bridgehead atoms. The van der Waals surface area contributed by atoms with E-state index in [0.29, 0.717) is 17.4 Å². The van der Waals surface area contributed by atoms with Gasteiger partial charge in [0.2, 0.25) is 5.91 Å². The van der Waals surface area contributed by atoms with Crippen molar-refractivity contribution >= 4 is 19.7 Å². The van der Waals surface area contributed by atoms with E-state index in [9.17, 15) is 19.0 Å². The third-order valence-corrected chi connectivity index (χ3v) is 16.2. The summed E-state index contributed by atoms with van der Waals surface area (Å²) in [6, 6.07) is -0.890. The minimum Gasteiger partial charge on any atom is -0.756 e. The lowest BCUT2D eigenvalue weighted by Gasteiger charge is -2.30. The number of phosphoric ester groups is 1. The van der Waals surface area contributed by atoms with Crippen molar-refractivity contribution in [3.63, 3.8) is 0 Å². The van der Waals surface area contributed by atoms with Gasteiger partial charge in [-0.05, 0) is 83.1 Å². The maximum Gasteiger partial charge on any atom is 0.306 e. The second-order valence-corrected chi connectivity index (χ2v) is 25.7. The number of hydrogen-bond acceptors (Lipinski definition) is 7. The molecule has 0 aromatic heterocycles. The van der Waals surface area contributed by atoms with Gasteiger partial charge in [0.1, 0.15) is 19.3 Å². The van der Waals surface area contributed by atoms with E-state index < -0.39 is 20.0 Å². The number of nitrogens with zero attached hydrogens (tertiary/aromatic N) is 1. The summed E-state index contributed by atoms with van der Waals surface area (Å²) in [6.45, 7) is 6.76. The van der Waals surface area contributed by atoms with Crippen LogP contribution in [0.5, 0.6) is 0 Å². The number of unbranched alkanes of at least 4 members (excludes halogenated alkanes) is 40. The van der Waals surface area contributed by atoms with Gasteiger partial charge in [0.15, 0.2) is 0 Å². The van der Waals surface area contributed by atoms with Crippen molar-refractivity contribution in [3.05, 3.63) is 48.6 Å². The lowest BCUT2D eigenvalue weighted by atomic mass is 10.0. The molecule has 0 aromatic carbocycles. The number of hydrogen-bond donors (Lipinski definition) is 1. The number of quaternary nitrogens is 1.